The fourth-order valence-electron chi connectivity index (χ4n) is 5.37. The summed E-state index contributed by atoms with van der Waals surface area (Å²) < 4.78 is 33.4. The Hall–Kier alpha value is -3.45. The number of fused-ring (bicyclic) bond motifs is 1. The lowest BCUT2D eigenvalue weighted by atomic mass is 9.88. The number of urea groups is 1. The van der Waals surface area contributed by atoms with Crippen LogP contribution in [0, 0.1) is 0 Å². The zero-order valence-electron chi connectivity index (χ0n) is 21.1. The van der Waals surface area contributed by atoms with Crippen LogP contribution in [0.15, 0.2) is 72.8 Å². The molecule has 3 aromatic rings. The van der Waals surface area contributed by atoms with E-state index in [1.54, 1.807) is 12.1 Å². The van der Waals surface area contributed by atoms with E-state index in [9.17, 15) is 13.6 Å². The first-order valence-electron chi connectivity index (χ1n) is 12.9. The van der Waals surface area contributed by atoms with Gasteiger partial charge in [0.2, 0.25) is 0 Å². The average molecular weight is 506 g/mol. The Morgan fingerprint density at radius 3 is 2.51 bits per heavy atom. The second kappa shape index (κ2) is 10.9. The van der Waals surface area contributed by atoms with Crippen molar-refractivity contribution < 1.29 is 18.3 Å². The van der Waals surface area contributed by atoms with Gasteiger partial charge in [-0.1, -0.05) is 54.6 Å². The molecular formula is C30H33F2N3O2. The Labute approximate surface area is 216 Å². The molecule has 1 fully saturated rings. The molecule has 0 bridgehead atoms. The number of likely N-dealkylation sites (tertiary alicyclic amines) is 1. The van der Waals surface area contributed by atoms with Gasteiger partial charge in [0.15, 0.2) is 5.60 Å². The molecule has 0 aliphatic carbocycles. The van der Waals surface area contributed by atoms with Crippen molar-refractivity contribution in [1.29, 1.82) is 0 Å². The molecule has 2 aliphatic heterocycles. The fourth-order valence-corrected chi connectivity index (χ4v) is 5.37. The zero-order valence-corrected chi connectivity index (χ0v) is 21.1. The Morgan fingerprint density at radius 2 is 1.78 bits per heavy atom. The Kier molecular flexibility index (Phi) is 7.42. The van der Waals surface area contributed by atoms with Crippen molar-refractivity contribution >= 4 is 11.7 Å². The first-order chi connectivity index (χ1) is 18.0. The zero-order chi connectivity index (χ0) is 25.8. The highest BCUT2D eigenvalue weighted by molar-refractivity contribution is 5.91. The van der Waals surface area contributed by atoms with Crippen LogP contribution in [0.2, 0.25) is 0 Å². The van der Waals surface area contributed by atoms with Crippen LogP contribution in [0.1, 0.15) is 43.4 Å². The quantitative estimate of drug-likeness (QED) is 0.378. The first-order valence-corrected chi connectivity index (χ1v) is 12.9. The third-order valence-corrected chi connectivity index (χ3v) is 7.51. The lowest BCUT2D eigenvalue weighted by Gasteiger charge is -2.39. The number of carbonyl (C=O) groups is 1. The number of anilines is 1. The smallest absolute Gasteiger partial charge is 0.319 e. The van der Waals surface area contributed by atoms with E-state index in [1.807, 2.05) is 42.5 Å². The number of hydrogen-bond acceptors (Lipinski definition) is 3. The number of halogens is 2. The van der Waals surface area contributed by atoms with Gasteiger partial charge < -0.3 is 15.4 Å². The minimum atomic E-state index is -1.60. The molecule has 2 atom stereocenters. The highest BCUT2D eigenvalue weighted by Gasteiger charge is 2.42. The molecule has 194 valence electrons. The predicted molar refractivity (Wildman–Crippen MR) is 142 cm³/mol. The summed E-state index contributed by atoms with van der Waals surface area (Å²) in [6.07, 6.45) is 2.34. The number of ether oxygens (including phenoxy) is 1. The lowest BCUT2D eigenvalue weighted by molar-refractivity contribution is -0.0105. The van der Waals surface area contributed by atoms with Crippen molar-refractivity contribution in [2.45, 2.75) is 50.4 Å². The summed E-state index contributed by atoms with van der Waals surface area (Å²) in [5.41, 5.74) is 3.06. The average Bonchev–Trinajstić information content (AvgIpc) is 3.34. The minimum absolute atomic E-state index is 0.00945. The monoisotopic (exact) mass is 505 g/mol. The van der Waals surface area contributed by atoms with Gasteiger partial charge in [0.05, 0.1) is 6.04 Å². The van der Waals surface area contributed by atoms with Crippen LogP contribution in [-0.2, 0) is 6.54 Å². The maximum absolute atomic E-state index is 13.8. The molecule has 5 rings (SSSR count). The van der Waals surface area contributed by atoms with Gasteiger partial charge in [-0.25, -0.2) is 13.6 Å². The second-order valence-corrected chi connectivity index (χ2v) is 10.1. The number of para-hydroxylation sites is 1. The second-order valence-electron chi connectivity index (χ2n) is 10.1. The van der Waals surface area contributed by atoms with Gasteiger partial charge in [0.1, 0.15) is 19.1 Å². The third-order valence-electron chi connectivity index (χ3n) is 7.51. The lowest BCUT2D eigenvalue weighted by Crippen LogP contribution is -2.49. The summed E-state index contributed by atoms with van der Waals surface area (Å²) in [5, 5.41) is 5.96. The molecule has 1 saturated heterocycles. The van der Waals surface area contributed by atoms with Gasteiger partial charge in [-0.2, -0.15) is 0 Å². The summed E-state index contributed by atoms with van der Waals surface area (Å²) in [7, 11) is 0. The molecule has 3 aromatic carbocycles. The maximum Gasteiger partial charge on any atom is 0.319 e. The summed E-state index contributed by atoms with van der Waals surface area (Å²) >= 11 is 0. The molecule has 0 radical (unpaired) electrons. The number of alkyl halides is 2. The molecule has 0 spiro atoms. The molecule has 2 unspecified atom stereocenters. The molecular weight excluding hydrogens is 472 g/mol. The van der Waals surface area contributed by atoms with E-state index in [2.05, 4.69) is 40.7 Å². The number of carbonyl (C=O) groups excluding carboxylic acids is 1. The van der Waals surface area contributed by atoms with Gasteiger partial charge >= 0.3 is 6.03 Å². The fraction of sp³-hybridized carbons (Fsp3) is 0.367. The predicted octanol–water partition coefficient (Wildman–Crippen LogP) is 6.66. The molecule has 2 N–H and O–H groups in total. The largest absolute Gasteiger partial charge is 0.481 e. The van der Waals surface area contributed by atoms with Crippen molar-refractivity contribution in [2.24, 2.45) is 0 Å². The van der Waals surface area contributed by atoms with E-state index >= 15 is 0 Å². The van der Waals surface area contributed by atoms with Crippen LogP contribution in [0.25, 0.3) is 11.1 Å². The number of nitrogens with zero attached hydrogens (tertiary/aromatic N) is 1. The van der Waals surface area contributed by atoms with Gasteiger partial charge in [0, 0.05) is 30.3 Å². The maximum atomic E-state index is 13.8. The molecule has 2 aliphatic rings. The van der Waals surface area contributed by atoms with Crippen LogP contribution in [0.4, 0.5) is 19.3 Å². The summed E-state index contributed by atoms with van der Waals surface area (Å²) in [5.74, 6) is 0.394. The number of rotatable bonds is 7. The van der Waals surface area contributed by atoms with Gasteiger partial charge in [-0.15, -0.1) is 0 Å². The van der Waals surface area contributed by atoms with E-state index in [-0.39, 0.29) is 6.42 Å². The molecule has 5 nitrogen and oxygen atoms in total. The molecule has 0 saturated carbocycles. The van der Waals surface area contributed by atoms with E-state index < -0.39 is 31.0 Å². The number of nitrogens with one attached hydrogen (secondary N) is 2. The van der Waals surface area contributed by atoms with Gasteiger partial charge in [-0.05, 0) is 61.2 Å². The van der Waals surface area contributed by atoms with Crippen LogP contribution < -0.4 is 15.4 Å². The standard InChI is InChI=1S/C30H33F2N3O2/c1-21-8-7-15-35(21)18-24-16-23(22-9-3-2-4-10-22)13-14-26(24)33-29(36)34-27-17-30(19-31,20-32)37-28-12-6-5-11-25(27)28/h2-6,9-14,16,21,27H,7-8,15,17-20H2,1H3,(H2,33,34,36). The van der Waals surface area contributed by atoms with E-state index in [0.29, 0.717) is 17.4 Å². The normalized spacial score (nSPS) is 20.6. The highest BCUT2D eigenvalue weighted by atomic mass is 19.1. The first kappa shape index (κ1) is 25.2. The Morgan fingerprint density at radius 1 is 1.03 bits per heavy atom. The molecule has 2 heterocycles. The van der Waals surface area contributed by atoms with Crippen LogP contribution in [-0.4, -0.2) is 42.5 Å². The van der Waals surface area contributed by atoms with Crippen LogP contribution in [0.3, 0.4) is 0 Å². The summed E-state index contributed by atoms with van der Waals surface area (Å²) in [6, 6.07) is 22.8. The van der Waals surface area contributed by atoms with Crippen molar-refractivity contribution in [3.8, 4) is 16.9 Å². The Bertz CT molecular complexity index is 1230. The van der Waals surface area contributed by atoms with Crippen molar-refractivity contribution in [1.82, 2.24) is 10.2 Å². The Balaban J connectivity index is 1.39. The molecule has 7 heteroatoms. The molecule has 0 aromatic heterocycles. The molecule has 37 heavy (non-hydrogen) atoms. The van der Waals surface area contributed by atoms with Crippen molar-refractivity contribution in [2.75, 3.05) is 25.2 Å². The number of amides is 2. The van der Waals surface area contributed by atoms with Crippen molar-refractivity contribution in [3.05, 3.63) is 83.9 Å². The number of benzene rings is 3. The van der Waals surface area contributed by atoms with Crippen LogP contribution in [0.5, 0.6) is 5.75 Å². The van der Waals surface area contributed by atoms with E-state index in [0.717, 1.165) is 48.3 Å². The summed E-state index contributed by atoms with van der Waals surface area (Å²) in [6.45, 7) is 2.03. The van der Waals surface area contributed by atoms with Gasteiger partial charge in [-0.3, -0.25) is 4.90 Å². The van der Waals surface area contributed by atoms with E-state index in [1.165, 1.54) is 0 Å². The van der Waals surface area contributed by atoms with Crippen LogP contribution >= 0.6 is 0 Å². The number of hydrogen-bond donors (Lipinski definition) is 2. The molecule has 2 amide bonds. The summed E-state index contributed by atoms with van der Waals surface area (Å²) in [4.78, 5) is 15.7. The van der Waals surface area contributed by atoms with E-state index in [4.69, 9.17) is 4.74 Å². The van der Waals surface area contributed by atoms with Gasteiger partial charge in [0.25, 0.3) is 0 Å². The topological polar surface area (TPSA) is 53.6 Å². The highest BCUT2D eigenvalue weighted by Crippen LogP contribution is 2.40. The third kappa shape index (κ3) is 5.47. The SMILES string of the molecule is CC1CCCN1Cc1cc(-c2ccccc2)ccc1NC(=O)NC1CC(CF)(CF)Oc2ccccc21. The van der Waals surface area contributed by atoms with Crippen molar-refractivity contribution in [3.63, 3.8) is 0 Å². The minimum Gasteiger partial charge on any atom is -0.481 e.